The highest BCUT2D eigenvalue weighted by Gasteiger charge is 2.31. The normalized spacial score (nSPS) is 15.2. The van der Waals surface area contributed by atoms with Crippen LogP contribution in [0.15, 0.2) is 40.6 Å². The predicted molar refractivity (Wildman–Crippen MR) is 116 cm³/mol. The van der Waals surface area contributed by atoms with Crippen LogP contribution in [0, 0.1) is 0 Å². The summed E-state index contributed by atoms with van der Waals surface area (Å²) in [7, 11) is -3.58. The molecule has 0 radical (unpaired) electrons. The van der Waals surface area contributed by atoms with Crippen LogP contribution in [-0.4, -0.2) is 62.1 Å². The summed E-state index contributed by atoms with van der Waals surface area (Å²) < 4.78 is 32.8. The number of ether oxygens (including phenoxy) is 1. The Labute approximate surface area is 185 Å². The molecule has 0 atom stereocenters. The van der Waals surface area contributed by atoms with Gasteiger partial charge >= 0.3 is 0 Å². The lowest BCUT2D eigenvalue weighted by Gasteiger charge is -2.33. The van der Waals surface area contributed by atoms with Gasteiger partial charge < -0.3 is 14.4 Å². The third-order valence-corrected chi connectivity index (χ3v) is 8.38. The maximum Gasteiger partial charge on any atom is 0.260 e. The van der Waals surface area contributed by atoms with Crippen LogP contribution in [0.3, 0.4) is 0 Å². The van der Waals surface area contributed by atoms with Crippen molar-refractivity contribution in [2.24, 2.45) is 0 Å². The highest BCUT2D eigenvalue weighted by molar-refractivity contribution is 7.91. The number of Topliss-reactive ketones (excluding diaryl/α,β-unsaturated/α-hetero) is 1. The molecule has 1 aliphatic heterocycles. The molecule has 3 rings (SSSR count). The largest absolute Gasteiger partial charge is 0.484 e. The lowest BCUT2D eigenvalue weighted by Crippen LogP contribution is -2.51. The number of hydrogen-bond acceptors (Lipinski definition) is 6. The molecule has 7 nitrogen and oxygen atoms in total. The van der Waals surface area contributed by atoms with Crippen molar-refractivity contribution in [2.75, 3.05) is 32.8 Å². The molecule has 0 aliphatic carbocycles. The molecule has 0 saturated carbocycles. The SMILES string of the molecule is CC(=O)CCc1ccc(OCC(=O)N2CCN(S(=O)(=O)c3ccc(Cl)s3)CC2)cc1. The van der Waals surface area contributed by atoms with Crippen LogP contribution >= 0.6 is 22.9 Å². The monoisotopic (exact) mass is 470 g/mol. The summed E-state index contributed by atoms with van der Waals surface area (Å²) >= 11 is 6.87. The molecule has 162 valence electrons. The molecule has 1 saturated heterocycles. The van der Waals surface area contributed by atoms with Crippen molar-refractivity contribution in [1.29, 1.82) is 0 Å². The first-order valence-corrected chi connectivity index (χ1v) is 12.1. The van der Waals surface area contributed by atoms with E-state index in [2.05, 4.69) is 0 Å². The van der Waals surface area contributed by atoms with E-state index < -0.39 is 10.0 Å². The fourth-order valence-corrected chi connectivity index (χ4v) is 6.11. The summed E-state index contributed by atoms with van der Waals surface area (Å²) in [4.78, 5) is 25.1. The molecule has 2 aromatic rings. The molecule has 1 amide bonds. The first-order valence-electron chi connectivity index (χ1n) is 9.50. The summed E-state index contributed by atoms with van der Waals surface area (Å²) in [5.41, 5.74) is 1.04. The van der Waals surface area contributed by atoms with E-state index in [1.165, 1.54) is 10.4 Å². The summed E-state index contributed by atoms with van der Waals surface area (Å²) in [5.74, 6) is 0.533. The zero-order valence-electron chi connectivity index (χ0n) is 16.5. The van der Waals surface area contributed by atoms with Crippen molar-refractivity contribution in [3.05, 3.63) is 46.3 Å². The van der Waals surface area contributed by atoms with Gasteiger partial charge in [-0.25, -0.2) is 8.42 Å². The number of carbonyl (C=O) groups is 2. The number of sulfonamides is 1. The van der Waals surface area contributed by atoms with Crippen LogP contribution in [0.5, 0.6) is 5.75 Å². The maximum atomic E-state index is 12.6. The second-order valence-electron chi connectivity index (χ2n) is 6.98. The molecule has 1 aromatic carbocycles. The number of thiophene rings is 1. The maximum absolute atomic E-state index is 12.6. The lowest BCUT2D eigenvalue weighted by molar-refractivity contribution is -0.134. The summed E-state index contributed by atoms with van der Waals surface area (Å²) in [6.45, 7) is 2.54. The minimum absolute atomic E-state index is 0.111. The number of aryl methyl sites for hydroxylation is 1. The highest BCUT2D eigenvalue weighted by Crippen LogP contribution is 2.28. The van der Waals surface area contributed by atoms with E-state index in [0.29, 0.717) is 36.0 Å². The number of carbonyl (C=O) groups excluding carboxylic acids is 2. The Morgan fingerprint density at radius 2 is 1.73 bits per heavy atom. The molecule has 1 aliphatic rings. The first-order chi connectivity index (χ1) is 14.3. The van der Waals surface area contributed by atoms with Crippen LogP contribution in [0.1, 0.15) is 18.9 Å². The van der Waals surface area contributed by atoms with Crippen LogP contribution in [0.25, 0.3) is 0 Å². The third-order valence-electron chi connectivity index (χ3n) is 4.79. The number of rotatable bonds is 8. The second-order valence-corrected chi connectivity index (χ2v) is 10.9. The van der Waals surface area contributed by atoms with Gasteiger partial charge in [0, 0.05) is 32.6 Å². The van der Waals surface area contributed by atoms with Gasteiger partial charge in [-0.3, -0.25) is 4.79 Å². The van der Waals surface area contributed by atoms with Gasteiger partial charge in [-0.2, -0.15) is 4.31 Å². The van der Waals surface area contributed by atoms with E-state index in [1.807, 2.05) is 12.1 Å². The molecule has 0 unspecified atom stereocenters. The fraction of sp³-hybridized carbons (Fsp3) is 0.400. The van der Waals surface area contributed by atoms with Crippen molar-refractivity contribution >= 4 is 44.7 Å². The Kier molecular flexibility index (Phi) is 7.51. The average Bonchev–Trinajstić information content (AvgIpc) is 3.18. The molecule has 2 heterocycles. The van der Waals surface area contributed by atoms with Gasteiger partial charge in [0.15, 0.2) is 6.61 Å². The van der Waals surface area contributed by atoms with Crippen molar-refractivity contribution in [3.63, 3.8) is 0 Å². The van der Waals surface area contributed by atoms with E-state index in [9.17, 15) is 18.0 Å². The van der Waals surface area contributed by atoms with Crippen LogP contribution in [0.4, 0.5) is 0 Å². The Balaban J connectivity index is 1.47. The molecule has 0 N–H and O–H groups in total. The first kappa shape index (κ1) is 22.7. The van der Waals surface area contributed by atoms with Crippen LogP contribution in [-0.2, 0) is 26.0 Å². The van der Waals surface area contributed by atoms with Gasteiger partial charge in [-0.1, -0.05) is 23.7 Å². The number of amides is 1. The zero-order valence-corrected chi connectivity index (χ0v) is 18.9. The summed E-state index contributed by atoms with van der Waals surface area (Å²) in [5, 5.41) is 0. The Bertz CT molecular complexity index is 996. The van der Waals surface area contributed by atoms with E-state index in [-0.39, 0.29) is 35.6 Å². The number of hydrogen-bond donors (Lipinski definition) is 0. The number of ketones is 1. The number of halogens is 1. The van der Waals surface area contributed by atoms with E-state index in [1.54, 1.807) is 30.0 Å². The quantitative estimate of drug-likeness (QED) is 0.592. The van der Waals surface area contributed by atoms with Crippen molar-refractivity contribution in [1.82, 2.24) is 9.21 Å². The Morgan fingerprint density at radius 1 is 1.07 bits per heavy atom. The van der Waals surface area contributed by atoms with Gasteiger partial charge in [0.2, 0.25) is 0 Å². The van der Waals surface area contributed by atoms with Gasteiger partial charge in [0.05, 0.1) is 4.34 Å². The predicted octanol–water partition coefficient (Wildman–Crippen LogP) is 2.84. The topological polar surface area (TPSA) is 84.0 Å². The molecule has 30 heavy (non-hydrogen) atoms. The van der Waals surface area contributed by atoms with Gasteiger partial charge in [-0.15, -0.1) is 11.3 Å². The number of nitrogens with zero attached hydrogens (tertiary/aromatic N) is 2. The summed E-state index contributed by atoms with van der Waals surface area (Å²) in [6, 6.07) is 10.4. The van der Waals surface area contributed by atoms with Crippen LogP contribution in [0.2, 0.25) is 4.34 Å². The average molecular weight is 471 g/mol. The molecule has 1 fully saturated rings. The van der Waals surface area contributed by atoms with Crippen molar-refractivity contribution in [3.8, 4) is 5.75 Å². The molecule has 0 bridgehead atoms. The standard InChI is InChI=1S/C20H23ClN2O5S2/c1-15(24)2-3-16-4-6-17(7-5-16)28-14-19(25)22-10-12-23(13-11-22)30(26,27)20-9-8-18(21)29-20/h4-9H,2-3,10-14H2,1H3. The fourth-order valence-electron chi connectivity index (χ4n) is 3.05. The lowest BCUT2D eigenvalue weighted by atomic mass is 10.1. The van der Waals surface area contributed by atoms with Gasteiger partial charge in [0.25, 0.3) is 15.9 Å². The molecule has 10 heteroatoms. The van der Waals surface area contributed by atoms with Gasteiger partial charge in [0.1, 0.15) is 15.7 Å². The number of piperazine rings is 1. The molecular formula is C20H23ClN2O5S2. The van der Waals surface area contributed by atoms with E-state index >= 15 is 0 Å². The zero-order chi connectivity index (χ0) is 21.7. The van der Waals surface area contributed by atoms with E-state index in [4.69, 9.17) is 16.3 Å². The highest BCUT2D eigenvalue weighted by atomic mass is 35.5. The van der Waals surface area contributed by atoms with Crippen molar-refractivity contribution in [2.45, 2.75) is 24.0 Å². The molecule has 1 aromatic heterocycles. The second kappa shape index (κ2) is 9.91. The van der Waals surface area contributed by atoms with Gasteiger partial charge in [-0.05, 0) is 43.2 Å². The smallest absolute Gasteiger partial charge is 0.260 e. The summed E-state index contributed by atoms with van der Waals surface area (Å²) in [6.07, 6.45) is 1.18. The minimum Gasteiger partial charge on any atom is -0.484 e. The van der Waals surface area contributed by atoms with E-state index in [0.717, 1.165) is 16.9 Å². The Morgan fingerprint density at radius 3 is 2.30 bits per heavy atom. The number of benzene rings is 1. The molecular weight excluding hydrogens is 448 g/mol. The third kappa shape index (κ3) is 5.81. The van der Waals surface area contributed by atoms with Crippen molar-refractivity contribution < 1.29 is 22.7 Å². The molecule has 0 spiro atoms. The van der Waals surface area contributed by atoms with Crippen LogP contribution < -0.4 is 4.74 Å². The minimum atomic E-state index is -3.58. The Hall–Kier alpha value is -1.94.